The van der Waals surface area contributed by atoms with Crippen LogP contribution >= 0.6 is 0 Å². The van der Waals surface area contributed by atoms with Crippen molar-refractivity contribution in [2.75, 3.05) is 39.5 Å². The number of pyridine rings is 1. The van der Waals surface area contributed by atoms with Crippen LogP contribution in [0.3, 0.4) is 0 Å². The van der Waals surface area contributed by atoms with Crippen molar-refractivity contribution >= 4 is 5.69 Å². The molecule has 1 aromatic rings. The first-order valence-corrected chi connectivity index (χ1v) is 6.58. The average molecular weight is 250 g/mol. The lowest BCUT2D eigenvalue weighted by Crippen LogP contribution is -2.39. The monoisotopic (exact) mass is 250 g/mol. The van der Waals surface area contributed by atoms with E-state index in [1.54, 1.807) is 0 Å². The van der Waals surface area contributed by atoms with E-state index >= 15 is 0 Å². The second-order valence-corrected chi connectivity index (χ2v) is 4.96. The SMILES string of the molecule is CCN(Cc1cc(NC)ccn1)C(C)CN(C)C. The Balaban J connectivity index is 2.66. The number of rotatable bonds is 7. The molecule has 4 nitrogen and oxygen atoms in total. The summed E-state index contributed by atoms with van der Waals surface area (Å²) < 4.78 is 0. The van der Waals surface area contributed by atoms with E-state index in [0.717, 1.165) is 31.0 Å². The summed E-state index contributed by atoms with van der Waals surface area (Å²) in [5.41, 5.74) is 2.24. The zero-order valence-electron chi connectivity index (χ0n) is 12.3. The van der Waals surface area contributed by atoms with Crippen molar-refractivity contribution < 1.29 is 0 Å². The molecule has 0 radical (unpaired) electrons. The van der Waals surface area contributed by atoms with Crippen molar-refractivity contribution in [1.29, 1.82) is 0 Å². The summed E-state index contributed by atoms with van der Waals surface area (Å²) in [4.78, 5) is 9.11. The Morgan fingerprint density at radius 2 is 2.11 bits per heavy atom. The summed E-state index contributed by atoms with van der Waals surface area (Å²) >= 11 is 0. The minimum atomic E-state index is 0.532. The van der Waals surface area contributed by atoms with Crippen LogP contribution in [-0.2, 0) is 6.54 Å². The van der Waals surface area contributed by atoms with Crippen molar-refractivity contribution in [3.8, 4) is 0 Å². The van der Waals surface area contributed by atoms with Gasteiger partial charge in [-0.3, -0.25) is 9.88 Å². The number of hydrogen-bond acceptors (Lipinski definition) is 4. The highest BCUT2D eigenvalue weighted by atomic mass is 15.2. The van der Waals surface area contributed by atoms with Crippen LogP contribution in [0, 0.1) is 0 Å². The van der Waals surface area contributed by atoms with Gasteiger partial charge in [0.1, 0.15) is 0 Å². The van der Waals surface area contributed by atoms with Gasteiger partial charge in [0.25, 0.3) is 0 Å². The van der Waals surface area contributed by atoms with Crippen LogP contribution in [0.4, 0.5) is 5.69 Å². The number of anilines is 1. The minimum absolute atomic E-state index is 0.532. The molecule has 1 rings (SSSR count). The first-order valence-electron chi connectivity index (χ1n) is 6.58. The Labute approximate surface area is 111 Å². The highest BCUT2D eigenvalue weighted by molar-refractivity contribution is 5.42. The van der Waals surface area contributed by atoms with Gasteiger partial charge in [-0.15, -0.1) is 0 Å². The fraction of sp³-hybridized carbons (Fsp3) is 0.643. The number of nitrogens with one attached hydrogen (secondary N) is 1. The van der Waals surface area contributed by atoms with Gasteiger partial charge >= 0.3 is 0 Å². The fourth-order valence-electron chi connectivity index (χ4n) is 2.15. The van der Waals surface area contributed by atoms with Crippen molar-refractivity contribution in [3.63, 3.8) is 0 Å². The number of aromatic nitrogens is 1. The van der Waals surface area contributed by atoms with E-state index in [4.69, 9.17) is 0 Å². The zero-order valence-corrected chi connectivity index (χ0v) is 12.3. The molecule has 1 heterocycles. The largest absolute Gasteiger partial charge is 0.388 e. The predicted molar refractivity (Wildman–Crippen MR) is 77.9 cm³/mol. The van der Waals surface area contributed by atoms with Crippen molar-refractivity contribution in [1.82, 2.24) is 14.8 Å². The Kier molecular flexibility index (Phi) is 6.09. The molecule has 18 heavy (non-hydrogen) atoms. The minimum Gasteiger partial charge on any atom is -0.388 e. The van der Waals surface area contributed by atoms with Crippen molar-refractivity contribution in [2.45, 2.75) is 26.4 Å². The van der Waals surface area contributed by atoms with Crippen LogP contribution in [-0.4, -0.2) is 55.1 Å². The highest BCUT2D eigenvalue weighted by Crippen LogP contribution is 2.11. The Hall–Kier alpha value is -1.13. The Morgan fingerprint density at radius 3 is 2.67 bits per heavy atom. The van der Waals surface area contributed by atoms with E-state index in [1.165, 1.54) is 0 Å². The standard InChI is InChI=1S/C14H26N4/c1-6-18(12(2)10-17(4)5)11-14-9-13(15-3)7-8-16-14/h7-9,12H,6,10-11H2,1-5H3,(H,15,16). The topological polar surface area (TPSA) is 31.4 Å². The third-order valence-corrected chi connectivity index (χ3v) is 3.13. The number of nitrogens with zero attached hydrogens (tertiary/aromatic N) is 3. The molecule has 0 bridgehead atoms. The summed E-state index contributed by atoms with van der Waals surface area (Å²) in [6.45, 7) is 7.49. The summed E-state index contributed by atoms with van der Waals surface area (Å²) in [6, 6.07) is 4.64. The summed E-state index contributed by atoms with van der Waals surface area (Å²) in [7, 11) is 6.17. The van der Waals surface area contributed by atoms with Crippen LogP contribution in [0.5, 0.6) is 0 Å². The van der Waals surface area contributed by atoms with Gasteiger partial charge in [-0.2, -0.15) is 0 Å². The molecular weight excluding hydrogens is 224 g/mol. The number of likely N-dealkylation sites (N-methyl/N-ethyl adjacent to an activating group) is 2. The van der Waals surface area contributed by atoms with E-state index in [-0.39, 0.29) is 0 Å². The van der Waals surface area contributed by atoms with Gasteiger partial charge in [0, 0.05) is 38.1 Å². The fourth-order valence-corrected chi connectivity index (χ4v) is 2.15. The molecule has 0 saturated carbocycles. The summed E-state index contributed by atoms with van der Waals surface area (Å²) in [6.07, 6.45) is 1.87. The normalized spacial score (nSPS) is 13.1. The zero-order chi connectivity index (χ0) is 13.5. The second-order valence-electron chi connectivity index (χ2n) is 4.96. The van der Waals surface area contributed by atoms with E-state index in [0.29, 0.717) is 6.04 Å². The quantitative estimate of drug-likeness (QED) is 0.801. The van der Waals surface area contributed by atoms with E-state index in [9.17, 15) is 0 Å². The third kappa shape index (κ3) is 4.63. The molecule has 1 unspecified atom stereocenters. The van der Waals surface area contributed by atoms with E-state index in [2.05, 4.69) is 54.1 Å². The molecule has 0 spiro atoms. The maximum atomic E-state index is 4.44. The molecule has 0 aliphatic rings. The average Bonchev–Trinajstić information content (AvgIpc) is 2.35. The smallest absolute Gasteiger partial charge is 0.0564 e. The van der Waals surface area contributed by atoms with Gasteiger partial charge in [-0.05, 0) is 39.7 Å². The first kappa shape index (κ1) is 14.9. The molecule has 4 heteroatoms. The lowest BCUT2D eigenvalue weighted by Gasteiger charge is -2.29. The van der Waals surface area contributed by atoms with Crippen LogP contribution in [0.25, 0.3) is 0 Å². The molecule has 0 aliphatic carbocycles. The molecule has 1 atom stereocenters. The van der Waals surface area contributed by atoms with Crippen LogP contribution in [0.1, 0.15) is 19.5 Å². The van der Waals surface area contributed by atoms with Crippen LogP contribution in [0.2, 0.25) is 0 Å². The van der Waals surface area contributed by atoms with Gasteiger partial charge in [-0.1, -0.05) is 6.92 Å². The van der Waals surface area contributed by atoms with Crippen LogP contribution < -0.4 is 5.32 Å². The maximum absolute atomic E-state index is 4.44. The molecule has 1 N–H and O–H groups in total. The van der Waals surface area contributed by atoms with Crippen molar-refractivity contribution in [2.24, 2.45) is 0 Å². The van der Waals surface area contributed by atoms with Crippen molar-refractivity contribution in [3.05, 3.63) is 24.0 Å². The van der Waals surface area contributed by atoms with Gasteiger partial charge in [0.2, 0.25) is 0 Å². The third-order valence-electron chi connectivity index (χ3n) is 3.13. The van der Waals surface area contributed by atoms with Gasteiger partial charge in [-0.25, -0.2) is 0 Å². The maximum Gasteiger partial charge on any atom is 0.0564 e. The number of hydrogen-bond donors (Lipinski definition) is 1. The van der Waals surface area contributed by atoms with Gasteiger partial charge in [0.15, 0.2) is 0 Å². The first-order chi connectivity index (χ1) is 8.56. The Morgan fingerprint density at radius 1 is 1.39 bits per heavy atom. The second kappa shape index (κ2) is 7.34. The predicted octanol–water partition coefficient (Wildman–Crippen LogP) is 1.90. The molecule has 0 aromatic carbocycles. The molecule has 1 aromatic heterocycles. The van der Waals surface area contributed by atoms with E-state index in [1.807, 2.05) is 19.3 Å². The van der Waals surface area contributed by atoms with E-state index < -0.39 is 0 Å². The lowest BCUT2D eigenvalue weighted by atomic mass is 10.2. The van der Waals surface area contributed by atoms with Gasteiger partial charge in [0.05, 0.1) is 5.69 Å². The van der Waals surface area contributed by atoms with Gasteiger partial charge < -0.3 is 10.2 Å². The molecular formula is C14H26N4. The lowest BCUT2D eigenvalue weighted by molar-refractivity contribution is 0.172. The molecule has 0 fully saturated rings. The molecule has 102 valence electrons. The summed E-state index contributed by atoms with van der Waals surface area (Å²) in [5, 5.41) is 3.15. The molecule has 0 aliphatic heterocycles. The molecule has 0 saturated heterocycles. The molecule has 0 amide bonds. The summed E-state index contributed by atoms with van der Waals surface area (Å²) in [5.74, 6) is 0. The highest BCUT2D eigenvalue weighted by Gasteiger charge is 2.13. The Bertz CT molecular complexity index is 351. The van der Waals surface area contributed by atoms with Crippen LogP contribution in [0.15, 0.2) is 18.3 Å².